The first-order valence-corrected chi connectivity index (χ1v) is 7.68. The maximum Gasteiger partial charge on any atom is 0.163 e. The summed E-state index contributed by atoms with van der Waals surface area (Å²) in [7, 11) is 0. The lowest BCUT2D eigenvalue weighted by Crippen LogP contribution is -2.14. The van der Waals surface area contributed by atoms with Crippen molar-refractivity contribution in [3.8, 4) is 0 Å². The lowest BCUT2D eigenvalue weighted by atomic mass is 9.88. The summed E-state index contributed by atoms with van der Waals surface area (Å²) in [4.78, 5) is 12.2. The molecule has 0 amide bonds. The minimum absolute atomic E-state index is 0.0400. The number of para-hydroxylation sites is 2. The van der Waals surface area contributed by atoms with Crippen LogP contribution < -0.4 is 11.1 Å². The van der Waals surface area contributed by atoms with Crippen molar-refractivity contribution in [2.75, 3.05) is 11.1 Å². The van der Waals surface area contributed by atoms with E-state index >= 15 is 0 Å². The first kappa shape index (κ1) is 17.0. The van der Waals surface area contributed by atoms with Crippen LogP contribution in [0.3, 0.4) is 0 Å². The van der Waals surface area contributed by atoms with Crippen molar-refractivity contribution in [3.63, 3.8) is 0 Å². The number of carbonyl (C=O) groups excluding carboxylic acids is 1. The molecule has 122 valence electrons. The standard InChI is InChI=1S/C19H24N2O2/c1-19(2,3)12-17(22)13-8-10-14(11-9-13)18(23)21-16-7-5-4-6-15(16)20/h4-11,18,21,23H,12,20H2,1-3H3. The largest absolute Gasteiger partial charge is 0.397 e. The molecule has 1 unspecified atom stereocenters. The minimum Gasteiger partial charge on any atom is -0.397 e. The monoisotopic (exact) mass is 312 g/mol. The zero-order valence-corrected chi connectivity index (χ0v) is 13.8. The van der Waals surface area contributed by atoms with Crippen LogP contribution in [0.2, 0.25) is 0 Å². The van der Waals surface area contributed by atoms with E-state index in [-0.39, 0.29) is 11.2 Å². The highest BCUT2D eigenvalue weighted by Crippen LogP contribution is 2.24. The van der Waals surface area contributed by atoms with Crippen LogP contribution in [-0.2, 0) is 0 Å². The molecule has 0 aliphatic heterocycles. The molecule has 0 fully saturated rings. The smallest absolute Gasteiger partial charge is 0.163 e. The first-order chi connectivity index (χ1) is 10.8. The summed E-state index contributed by atoms with van der Waals surface area (Å²) in [6, 6.07) is 14.3. The van der Waals surface area contributed by atoms with Crippen LogP contribution in [0.4, 0.5) is 11.4 Å². The van der Waals surface area contributed by atoms with Crippen molar-refractivity contribution >= 4 is 17.2 Å². The molecule has 23 heavy (non-hydrogen) atoms. The Labute approximate surface area is 137 Å². The van der Waals surface area contributed by atoms with E-state index in [9.17, 15) is 9.90 Å². The molecule has 1 atom stereocenters. The van der Waals surface area contributed by atoms with Gasteiger partial charge in [-0.25, -0.2) is 0 Å². The molecular weight excluding hydrogens is 288 g/mol. The normalized spacial score (nSPS) is 12.7. The Morgan fingerprint density at radius 3 is 2.30 bits per heavy atom. The fourth-order valence-electron chi connectivity index (χ4n) is 2.29. The number of aliphatic hydroxyl groups is 1. The number of carbonyl (C=O) groups is 1. The van der Waals surface area contributed by atoms with E-state index in [1.165, 1.54) is 0 Å². The van der Waals surface area contributed by atoms with Gasteiger partial charge >= 0.3 is 0 Å². The van der Waals surface area contributed by atoms with Crippen molar-refractivity contribution in [3.05, 3.63) is 59.7 Å². The molecular formula is C19H24N2O2. The van der Waals surface area contributed by atoms with Gasteiger partial charge in [0.15, 0.2) is 12.0 Å². The van der Waals surface area contributed by atoms with Crippen molar-refractivity contribution in [1.82, 2.24) is 0 Å². The van der Waals surface area contributed by atoms with Crippen molar-refractivity contribution in [2.24, 2.45) is 5.41 Å². The Bertz CT molecular complexity index is 673. The van der Waals surface area contributed by atoms with Gasteiger partial charge in [0.2, 0.25) is 0 Å². The molecule has 0 bridgehead atoms. The molecule has 0 heterocycles. The van der Waals surface area contributed by atoms with Crippen molar-refractivity contribution in [1.29, 1.82) is 0 Å². The molecule has 2 aromatic carbocycles. The maximum absolute atomic E-state index is 12.2. The molecule has 0 aromatic heterocycles. The van der Waals surface area contributed by atoms with Gasteiger partial charge in [-0.1, -0.05) is 57.2 Å². The van der Waals surface area contributed by atoms with Gasteiger partial charge in [-0.3, -0.25) is 4.79 Å². The lowest BCUT2D eigenvalue weighted by molar-refractivity contribution is 0.0939. The zero-order valence-electron chi connectivity index (χ0n) is 13.8. The fraction of sp³-hybridized carbons (Fsp3) is 0.316. The topological polar surface area (TPSA) is 75.3 Å². The molecule has 4 heteroatoms. The van der Waals surface area contributed by atoms with Crippen LogP contribution in [0.25, 0.3) is 0 Å². The second-order valence-corrected chi connectivity index (χ2v) is 6.92. The molecule has 4 nitrogen and oxygen atoms in total. The zero-order chi connectivity index (χ0) is 17.0. The average Bonchev–Trinajstić information content (AvgIpc) is 2.48. The van der Waals surface area contributed by atoms with Gasteiger partial charge in [-0.15, -0.1) is 0 Å². The third-order valence-electron chi connectivity index (χ3n) is 3.49. The number of nitrogens with two attached hydrogens (primary N) is 1. The summed E-state index contributed by atoms with van der Waals surface area (Å²) in [6.07, 6.45) is -0.389. The van der Waals surface area contributed by atoms with Gasteiger partial charge in [-0.2, -0.15) is 0 Å². The Hall–Kier alpha value is -2.33. The highest BCUT2D eigenvalue weighted by atomic mass is 16.3. The molecule has 0 saturated heterocycles. The number of nitrogen functional groups attached to an aromatic ring is 1. The Morgan fingerprint density at radius 1 is 1.13 bits per heavy atom. The van der Waals surface area contributed by atoms with Crippen LogP contribution in [0.1, 0.15) is 49.3 Å². The van der Waals surface area contributed by atoms with Crippen LogP contribution >= 0.6 is 0 Å². The Balaban J connectivity index is 2.07. The molecule has 0 spiro atoms. The number of hydrogen-bond acceptors (Lipinski definition) is 4. The summed E-state index contributed by atoms with van der Waals surface area (Å²) in [5.74, 6) is 0.110. The number of aliphatic hydroxyl groups excluding tert-OH is 1. The summed E-state index contributed by atoms with van der Waals surface area (Å²) >= 11 is 0. The third-order valence-corrected chi connectivity index (χ3v) is 3.49. The predicted molar refractivity (Wildman–Crippen MR) is 94.3 cm³/mol. The maximum atomic E-state index is 12.2. The van der Waals surface area contributed by atoms with Gasteiger partial charge < -0.3 is 16.2 Å². The van der Waals surface area contributed by atoms with E-state index in [2.05, 4.69) is 5.32 Å². The number of Topliss-reactive ketones (excluding diaryl/α,β-unsaturated/α-hetero) is 1. The first-order valence-electron chi connectivity index (χ1n) is 7.68. The lowest BCUT2D eigenvalue weighted by Gasteiger charge is -2.18. The SMILES string of the molecule is CC(C)(C)CC(=O)c1ccc(C(O)Nc2ccccc2N)cc1. The van der Waals surface area contributed by atoms with E-state index in [0.717, 1.165) is 0 Å². The summed E-state index contributed by atoms with van der Waals surface area (Å²) in [5.41, 5.74) is 8.40. The van der Waals surface area contributed by atoms with Crippen molar-refractivity contribution in [2.45, 2.75) is 33.4 Å². The van der Waals surface area contributed by atoms with E-state index in [4.69, 9.17) is 5.73 Å². The number of nitrogens with one attached hydrogen (secondary N) is 1. The second-order valence-electron chi connectivity index (χ2n) is 6.92. The summed E-state index contributed by atoms with van der Waals surface area (Å²) < 4.78 is 0. The summed E-state index contributed by atoms with van der Waals surface area (Å²) in [5, 5.41) is 13.2. The van der Waals surface area contributed by atoms with Crippen LogP contribution in [-0.4, -0.2) is 10.9 Å². The van der Waals surface area contributed by atoms with Gasteiger partial charge in [0, 0.05) is 17.5 Å². The van der Waals surface area contributed by atoms with Crippen LogP contribution in [0.15, 0.2) is 48.5 Å². The third kappa shape index (κ3) is 4.83. The van der Waals surface area contributed by atoms with Gasteiger partial charge in [0.1, 0.15) is 0 Å². The van der Waals surface area contributed by atoms with Crippen LogP contribution in [0.5, 0.6) is 0 Å². The minimum atomic E-state index is -0.883. The second kappa shape index (κ2) is 6.84. The van der Waals surface area contributed by atoms with E-state index in [1.54, 1.807) is 36.4 Å². The van der Waals surface area contributed by atoms with Gasteiger partial charge in [0.05, 0.1) is 11.4 Å². The molecule has 0 aliphatic carbocycles. The van der Waals surface area contributed by atoms with Gasteiger partial charge in [0.25, 0.3) is 0 Å². The van der Waals surface area contributed by atoms with E-state index in [0.29, 0.717) is 28.9 Å². The number of anilines is 2. The Morgan fingerprint density at radius 2 is 1.74 bits per heavy atom. The molecule has 0 aliphatic rings. The number of rotatable bonds is 5. The van der Waals surface area contributed by atoms with Crippen LogP contribution in [0, 0.1) is 5.41 Å². The quantitative estimate of drug-likeness (QED) is 0.443. The average molecular weight is 312 g/mol. The Kier molecular flexibility index (Phi) is 5.06. The predicted octanol–water partition coefficient (Wildman–Crippen LogP) is 3.99. The molecule has 2 aromatic rings. The number of benzene rings is 2. The number of ketones is 1. The van der Waals surface area contributed by atoms with Crippen molar-refractivity contribution < 1.29 is 9.90 Å². The highest BCUT2D eigenvalue weighted by Gasteiger charge is 2.17. The van der Waals surface area contributed by atoms with E-state index in [1.807, 2.05) is 32.9 Å². The van der Waals surface area contributed by atoms with Gasteiger partial charge in [-0.05, 0) is 17.5 Å². The molecule has 4 N–H and O–H groups in total. The van der Waals surface area contributed by atoms with E-state index < -0.39 is 6.23 Å². The number of hydrogen-bond donors (Lipinski definition) is 3. The fourth-order valence-corrected chi connectivity index (χ4v) is 2.29. The molecule has 0 radical (unpaired) electrons. The summed E-state index contributed by atoms with van der Waals surface area (Å²) in [6.45, 7) is 6.12. The highest BCUT2D eigenvalue weighted by molar-refractivity contribution is 5.96. The molecule has 0 saturated carbocycles. The molecule has 2 rings (SSSR count).